The lowest BCUT2D eigenvalue weighted by atomic mass is 10.0. The van der Waals surface area contributed by atoms with Crippen molar-refractivity contribution in [2.24, 2.45) is 0 Å². The van der Waals surface area contributed by atoms with E-state index in [-0.39, 0.29) is 18.6 Å². The van der Waals surface area contributed by atoms with Crippen LogP contribution >= 0.6 is 0 Å². The number of carbonyl (C=O) groups is 2. The molecule has 2 aromatic rings. The van der Waals surface area contributed by atoms with Crippen molar-refractivity contribution < 1.29 is 14.7 Å². The standard InChI is InChI=1S/C17H20N2O3/c20-16(8-9-17(21)22)15-6-4-14(5-7-15)3-1-2-11-19-12-10-18-13-19/h4-7,10,12-13H,1-3,8-9,11H2,(H,21,22). The van der Waals surface area contributed by atoms with E-state index < -0.39 is 5.97 Å². The molecule has 0 atom stereocenters. The van der Waals surface area contributed by atoms with Gasteiger partial charge in [-0.3, -0.25) is 9.59 Å². The Balaban J connectivity index is 1.74. The number of carboxylic acids is 1. The fourth-order valence-electron chi connectivity index (χ4n) is 2.26. The third-order valence-electron chi connectivity index (χ3n) is 3.53. The number of Topliss-reactive ketones (excluding diaryl/α,β-unsaturated/α-hetero) is 1. The second-order valence-corrected chi connectivity index (χ2v) is 5.27. The highest BCUT2D eigenvalue weighted by molar-refractivity contribution is 5.97. The van der Waals surface area contributed by atoms with Gasteiger partial charge in [-0.25, -0.2) is 4.98 Å². The lowest BCUT2D eigenvalue weighted by Crippen LogP contribution is -2.03. The number of aryl methyl sites for hydroxylation is 2. The van der Waals surface area contributed by atoms with Gasteiger partial charge in [-0.2, -0.15) is 0 Å². The van der Waals surface area contributed by atoms with E-state index in [2.05, 4.69) is 9.55 Å². The number of aliphatic carboxylic acids is 1. The smallest absolute Gasteiger partial charge is 0.303 e. The van der Waals surface area contributed by atoms with Crippen LogP contribution in [0.5, 0.6) is 0 Å². The molecule has 2 rings (SSSR count). The zero-order chi connectivity index (χ0) is 15.8. The van der Waals surface area contributed by atoms with E-state index in [1.54, 1.807) is 18.3 Å². The topological polar surface area (TPSA) is 72.2 Å². The van der Waals surface area contributed by atoms with Crippen molar-refractivity contribution in [2.45, 2.75) is 38.6 Å². The fraction of sp³-hybridized carbons (Fsp3) is 0.353. The number of carboxylic acid groups (broad SMARTS) is 1. The van der Waals surface area contributed by atoms with Gasteiger partial charge in [0.15, 0.2) is 5.78 Å². The normalized spacial score (nSPS) is 10.5. The molecule has 5 heteroatoms. The highest BCUT2D eigenvalue weighted by Gasteiger charge is 2.08. The maximum Gasteiger partial charge on any atom is 0.303 e. The van der Waals surface area contributed by atoms with Crippen LogP contribution in [0.25, 0.3) is 0 Å². The summed E-state index contributed by atoms with van der Waals surface area (Å²) >= 11 is 0. The Hall–Kier alpha value is -2.43. The van der Waals surface area contributed by atoms with Crippen molar-refractivity contribution in [3.63, 3.8) is 0 Å². The van der Waals surface area contributed by atoms with Crippen LogP contribution in [0.3, 0.4) is 0 Å². The van der Waals surface area contributed by atoms with Crippen molar-refractivity contribution in [2.75, 3.05) is 0 Å². The summed E-state index contributed by atoms with van der Waals surface area (Å²) in [6.07, 6.45) is 8.61. The van der Waals surface area contributed by atoms with Gasteiger partial charge in [-0.1, -0.05) is 24.3 Å². The van der Waals surface area contributed by atoms with Crippen molar-refractivity contribution in [1.29, 1.82) is 0 Å². The number of nitrogens with zero attached hydrogens (tertiary/aromatic N) is 2. The van der Waals surface area contributed by atoms with E-state index in [4.69, 9.17) is 5.11 Å². The number of imidazole rings is 1. The Morgan fingerprint density at radius 1 is 1.09 bits per heavy atom. The maximum atomic E-state index is 11.8. The lowest BCUT2D eigenvalue weighted by Gasteiger charge is -2.04. The molecule has 1 N–H and O–H groups in total. The quantitative estimate of drug-likeness (QED) is 0.571. The second-order valence-electron chi connectivity index (χ2n) is 5.27. The summed E-state index contributed by atoms with van der Waals surface area (Å²) in [7, 11) is 0. The molecule has 5 nitrogen and oxygen atoms in total. The van der Waals surface area contributed by atoms with Gasteiger partial charge in [0.1, 0.15) is 0 Å². The average molecular weight is 300 g/mol. The van der Waals surface area contributed by atoms with Crippen LogP contribution in [0.4, 0.5) is 0 Å². The SMILES string of the molecule is O=C(O)CCC(=O)c1ccc(CCCCn2ccnc2)cc1. The van der Waals surface area contributed by atoms with Gasteiger partial charge in [0.2, 0.25) is 0 Å². The van der Waals surface area contributed by atoms with E-state index in [0.29, 0.717) is 5.56 Å². The van der Waals surface area contributed by atoms with Crippen molar-refractivity contribution >= 4 is 11.8 Å². The van der Waals surface area contributed by atoms with E-state index in [1.165, 1.54) is 5.56 Å². The Kier molecular flexibility index (Phi) is 5.89. The van der Waals surface area contributed by atoms with E-state index in [1.807, 2.05) is 24.7 Å². The Morgan fingerprint density at radius 2 is 1.86 bits per heavy atom. The van der Waals surface area contributed by atoms with Gasteiger partial charge in [0.05, 0.1) is 12.7 Å². The third kappa shape index (κ3) is 5.16. The highest BCUT2D eigenvalue weighted by Crippen LogP contribution is 2.11. The van der Waals surface area contributed by atoms with Gasteiger partial charge < -0.3 is 9.67 Å². The van der Waals surface area contributed by atoms with Gasteiger partial charge in [-0.05, 0) is 24.8 Å². The molecule has 0 aliphatic heterocycles. The van der Waals surface area contributed by atoms with Crippen LogP contribution in [-0.4, -0.2) is 26.4 Å². The summed E-state index contributed by atoms with van der Waals surface area (Å²) in [4.78, 5) is 26.2. The van der Waals surface area contributed by atoms with Gasteiger partial charge in [-0.15, -0.1) is 0 Å². The zero-order valence-corrected chi connectivity index (χ0v) is 12.4. The van der Waals surface area contributed by atoms with Crippen LogP contribution in [0.1, 0.15) is 41.6 Å². The van der Waals surface area contributed by atoms with Crippen molar-refractivity contribution in [3.05, 3.63) is 54.1 Å². The summed E-state index contributed by atoms with van der Waals surface area (Å²) in [6, 6.07) is 7.47. The zero-order valence-electron chi connectivity index (χ0n) is 12.4. The first-order valence-electron chi connectivity index (χ1n) is 7.45. The molecule has 0 fully saturated rings. The van der Waals surface area contributed by atoms with Crippen molar-refractivity contribution in [1.82, 2.24) is 9.55 Å². The molecule has 0 amide bonds. The first-order chi connectivity index (χ1) is 10.6. The van der Waals surface area contributed by atoms with Gasteiger partial charge in [0.25, 0.3) is 0 Å². The van der Waals surface area contributed by atoms with Crippen LogP contribution in [0.15, 0.2) is 43.0 Å². The minimum Gasteiger partial charge on any atom is -0.481 e. The monoisotopic (exact) mass is 300 g/mol. The molecule has 0 saturated heterocycles. The van der Waals surface area contributed by atoms with Crippen LogP contribution in [-0.2, 0) is 17.8 Å². The molecule has 0 aliphatic rings. The average Bonchev–Trinajstić information content (AvgIpc) is 3.03. The molecule has 0 aliphatic carbocycles. The van der Waals surface area contributed by atoms with Crippen LogP contribution in [0, 0.1) is 0 Å². The summed E-state index contributed by atoms with van der Waals surface area (Å²) in [5.41, 5.74) is 1.78. The van der Waals surface area contributed by atoms with Crippen LogP contribution < -0.4 is 0 Å². The summed E-state index contributed by atoms with van der Waals surface area (Å²) in [5.74, 6) is -1.06. The predicted octanol–water partition coefficient (Wildman–Crippen LogP) is 2.95. The number of benzene rings is 1. The molecule has 0 saturated carbocycles. The number of rotatable bonds is 9. The van der Waals surface area contributed by atoms with E-state index in [9.17, 15) is 9.59 Å². The van der Waals surface area contributed by atoms with Crippen LogP contribution in [0.2, 0.25) is 0 Å². The molecule has 0 bridgehead atoms. The molecule has 1 aromatic heterocycles. The summed E-state index contributed by atoms with van der Waals surface area (Å²) in [6.45, 7) is 0.964. The lowest BCUT2D eigenvalue weighted by molar-refractivity contribution is -0.136. The Morgan fingerprint density at radius 3 is 2.50 bits per heavy atom. The fourth-order valence-corrected chi connectivity index (χ4v) is 2.26. The van der Waals surface area contributed by atoms with Gasteiger partial charge >= 0.3 is 5.97 Å². The Bertz CT molecular complexity index is 603. The highest BCUT2D eigenvalue weighted by atomic mass is 16.4. The minimum atomic E-state index is -0.942. The molecule has 0 unspecified atom stereocenters. The minimum absolute atomic E-state index is 0.0551. The number of carbonyl (C=O) groups excluding carboxylic acids is 1. The summed E-state index contributed by atoms with van der Waals surface area (Å²) < 4.78 is 2.06. The Labute approximate surface area is 129 Å². The molecule has 0 spiro atoms. The molecule has 22 heavy (non-hydrogen) atoms. The molecule has 116 valence electrons. The van der Waals surface area contributed by atoms with Gasteiger partial charge in [0, 0.05) is 30.9 Å². The first kappa shape index (κ1) is 15.9. The van der Waals surface area contributed by atoms with E-state index in [0.717, 1.165) is 25.8 Å². The molecule has 1 heterocycles. The number of hydrogen-bond donors (Lipinski definition) is 1. The molecular formula is C17H20N2O3. The predicted molar refractivity (Wildman–Crippen MR) is 82.8 cm³/mol. The second kappa shape index (κ2) is 8.12. The largest absolute Gasteiger partial charge is 0.481 e. The number of aromatic nitrogens is 2. The molecule has 0 radical (unpaired) electrons. The molecule has 1 aromatic carbocycles. The number of unbranched alkanes of at least 4 members (excludes halogenated alkanes) is 1. The summed E-state index contributed by atoms with van der Waals surface area (Å²) in [5, 5.41) is 8.58. The van der Waals surface area contributed by atoms with E-state index >= 15 is 0 Å². The first-order valence-corrected chi connectivity index (χ1v) is 7.45. The third-order valence-corrected chi connectivity index (χ3v) is 3.53. The van der Waals surface area contributed by atoms with Crippen molar-refractivity contribution in [3.8, 4) is 0 Å². The molecular weight excluding hydrogens is 280 g/mol. The number of hydrogen-bond acceptors (Lipinski definition) is 3. The maximum absolute atomic E-state index is 11.8. The number of ketones is 1.